The van der Waals surface area contributed by atoms with Crippen molar-refractivity contribution in [3.63, 3.8) is 0 Å². The molecule has 6 heteroatoms. The Balaban J connectivity index is 1.47. The number of aromatic nitrogens is 1. The Bertz CT molecular complexity index is 787. The molecule has 0 aliphatic heterocycles. The Labute approximate surface area is 145 Å². The fourth-order valence-electron chi connectivity index (χ4n) is 4.09. The van der Waals surface area contributed by atoms with Gasteiger partial charge in [0.05, 0.1) is 11.6 Å². The van der Waals surface area contributed by atoms with Gasteiger partial charge in [0.15, 0.2) is 0 Å². The first-order valence-electron chi connectivity index (χ1n) is 8.59. The monoisotopic (exact) mass is 340 g/mol. The van der Waals surface area contributed by atoms with Crippen LogP contribution in [0.2, 0.25) is 0 Å². The minimum atomic E-state index is -0.699. The molecule has 6 nitrogen and oxygen atoms in total. The van der Waals surface area contributed by atoms with Crippen molar-refractivity contribution in [2.45, 2.75) is 44.1 Å². The number of rotatable bonds is 4. The number of hydrogen-bond acceptors (Lipinski definition) is 4. The number of oxazole rings is 1. The van der Waals surface area contributed by atoms with Crippen LogP contribution in [0.4, 0.5) is 0 Å². The van der Waals surface area contributed by atoms with E-state index in [-0.39, 0.29) is 17.2 Å². The highest BCUT2D eigenvalue weighted by molar-refractivity contribution is 5.92. The van der Waals surface area contributed by atoms with Crippen LogP contribution in [-0.2, 0) is 4.79 Å². The number of hydrogen-bond donors (Lipinski definition) is 2. The summed E-state index contributed by atoms with van der Waals surface area (Å²) in [5.74, 6) is -0.372. The lowest BCUT2D eigenvalue weighted by Gasteiger charge is -2.51. The molecule has 0 unspecified atom stereocenters. The number of carboxylic acids is 1. The van der Waals surface area contributed by atoms with E-state index in [1.165, 1.54) is 6.20 Å². The lowest BCUT2D eigenvalue weighted by atomic mass is 9.57. The average molecular weight is 340 g/mol. The molecule has 1 heterocycles. The molecule has 130 valence electrons. The van der Waals surface area contributed by atoms with Gasteiger partial charge in [-0.1, -0.05) is 18.2 Å². The minimum absolute atomic E-state index is 0.189. The zero-order valence-corrected chi connectivity index (χ0v) is 13.8. The molecule has 1 amide bonds. The molecule has 0 spiro atoms. The number of carboxylic acid groups (broad SMARTS) is 1. The number of nitrogens with one attached hydrogen (secondary N) is 1. The van der Waals surface area contributed by atoms with Gasteiger partial charge in [-0.05, 0) is 50.7 Å². The van der Waals surface area contributed by atoms with Crippen LogP contribution in [0.5, 0.6) is 0 Å². The molecular weight excluding hydrogens is 320 g/mol. The van der Waals surface area contributed by atoms with Crippen LogP contribution in [-0.4, -0.2) is 27.5 Å². The quantitative estimate of drug-likeness (QED) is 0.891. The van der Waals surface area contributed by atoms with Gasteiger partial charge in [-0.25, -0.2) is 4.98 Å². The molecule has 5 rings (SSSR count). The molecule has 0 atom stereocenters. The number of benzene rings is 1. The Morgan fingerprint density at radius 2 is 1.68 bits per heavy atom. The fraction of sp³-hybridized carbons (Fsp3) is 0.421. The highest BCUT2D eigenvalue weighted by atomic mass is 16.4. The van der Waals surface area contributed by atoms with Gasteiger partial charge in [0.25, 0.3) is 5.91 Å². The molecule has 1 aromatic carbocycles. The van der Waals surface area contributed by atoms with Gasteiger partial charge in [0, 0.05) is 11.1 Å². The molecule has 2 N–H and O–H groups in total. The summed E-state index contributed by atoms with van der Waals surface area (Å²) in [6, 6.07) is 9.43. The van der Waals surface area contributed by atoms with Gasteiger partial charge in [-0.15, -0.1) is 0 Å². The van der Waals surface area contributed by atoms with E-state index in [4.69, 9.17) is 4.42 Å². The van der Waals surface area contributed by atoms with Crippen LogP contribution < -0.4 is 5.32 Å². The highest BCUT2D eigenvalue weighted by Gasteiger charge is 2.53. The smallest absolute Gasteiger partial charge is 0.309 e. The predicted molar refractivity (Wildman–Crippen MR) is 89.9 cm³/mol. The van der Waals surface area contributed by atoms with Crippen molar-refractivity contribution < 1.29 is 19.1 Å². The topological polar surface area (TPSA) is 92.4 Å². The second-order valence-electron chi connectivity index (χ2n) is 7.22. The molecule has 0 saturated heterocycles. The van der Waals surface area contributed by atoms with Crippen LogP contribution in [0.25, 0.3) is 11.5 Å². The highest BCUT2D eigenvalue weighted by Crippen LogP contribution is 2.52. The maximum absolute atomic E-state index is 12.6. The maximum Gasteiger partial charge on any atom is 0.309 e. The van der Waals surface area contributed by atoms with Crippen molar-refractivity contribution in [1.82, 2.24) is 10.3 Å². The third-order valence-electron chi connectivity index (χ3n) is 5.83. The van der Waals surface area contributed by atoms with Gasteiger partial charge >= 0.3 is 5.97 Å². The normalized spacial score (nSPS) is 27.8. The van der Waals surface area contributed by atoms with E-state index in [1.807, 2.05) is 30.3 Å². The van der Waals surface area contributed by atoms with Crippen molar-refractivity contribution in [1.29, 1.82) is 0 Å². The van der Waals surface area contributed by atoms with Gasteiger partial charge in [0.2, 0.25) is 11.7 Å². The fourth-order valence-corrected chi connectivity index (χ4v) is 4.09. The number of carbonyl (C=O) groups excluding carboxylic acids is 1. The van der Waals surface area contributed by atoms with E-state index in [1.54, 1.807) is 0 Å². The summed E-state index contributed by atoms with van der Waals surface area (Å²) in [6.45, 7) is 0. The molecule has 2 bridgehead atoms. The predicted octanol–water partition coefficient (Wildman–Crippen LogP) is 3.25. The Hall–Kier alpha value is -2.63. The summed E-state index contributed by atoms with van der Waals surface area (Å²) in [4.78, 5) is 28.3. The summed E-state index contributed by atoms with van der Waals surface area (Å²) >= 11 is 0. The number of fused-ring (bicyclic) bond motifs is 3. The van der Waals surface area contributed by atoms with Crippen molar-refractivity contribution in [3.8, 4) is 11.5 Å². The Morgan fingerprint density at radius 1 is 1.04 bits per heavy atom. The van der Waals surface area contributed by atoms with Crippen molar-refractivity contribution in [2.24, 2.45) is 5.41 Å². The molecule has 1 aromatic heterocycles. The SMILES string of the molecule is O=C(NC12CCC(C(=O)O)(CC1)CC2)c1cnc(-c2ccccc2)o1. The van der Waals surface area contributed by atoms with Crippen molar-refractivity contribution >= 4 is 11.9 Å². The molecule has 3 saturated carbocycles. The molecule has 3 fully saturated rings. The van der Waals surface area contributed by atoms with Gasteiger partial charge in [0.1, 0.15) is 0 Å². The summed E-state index contributed by atoms with van der Waals surface area (Å²) in [5.41, 5.74) is -0.0750. The van der Waals surface area contributed by atoms with E-state index in [0.717, 1.165) is 5.56 Å². The lowest BCUT2D eigenvalue weighted by molar-refractivity contribution is -0.156. The Morgan fingerprint density at radius 3 is 2.28 bits per heavy atom. The first-order chi connectivity index (χ1) is 12.0. The number of carbonyl (C=O) groups is 2. The standard InChI is InChI=1S/C19H20N2O4/c22-15(14-12-20-16(25-14)13-4-2-1-3-5-13)21-19-9-6-18(7-10-19,8-11-19)17(23)24/h1-5,12H,6-11H2,(H,21,22)(H,23,24). The van der Waals surface area contributed by atoms with Crippen LogP contribution in [0.1, 0.15) is 49.1 Å². The molecule has 3 aliphatic rings. The molecule has 2 aromatic rings. The van der Waals surface area contributed by atoms with Crippen LogP contribution >= 0.6 is 0 Å². The third kappa shape index (κ3) is 2.71. The average Bonchev–Trinajstić information content (AvgIpc) is 3.14. The van der Waals surface area contributed by atoms with Gasteiger partial charge < -0.3 is 14.8 Å². The lowest BCUT2D eigenvalue weighted by Crippen LogP contribution is -2.58. The third-order valence-corrected chi connectivity index (χ3v) is 5.83. The van der Waals surface area contributed by atoms with Crippen LogP contribution in [0, 0.1) is 5.41 Å². The largest absolute Gasteiger partial charge is 0.481 e. The van der Waals surface area contributed by atoms with Crippen molar-refractivity contribution in [3.05, 3.63) is 42.3 Å². The van der Waals surface area contributed by atoms with Crippen LogP contribution in [0.15, 0.2) is 40.9 Å². The summed E-state index contributed by atoms with van der Waals surface area (Å²) in [5, 5.41) is 12.5. The van der Waals surface area contributed by atoms with E-state index in [9.17, 15) is 14.7 Å². The Kier molecular flexibility index (Phi) is 3.63. The first-order valence-corrected chi connectivity index (χ1v) is 8.59. The summed E-state index contributed by atoms with van der Waals surface area (Å²) in [6.07, 6.45) is 5.40. The second-order valence-corrected chi connectivity index (χ2v) is 7.22. The zero-order valence-electron chi connectivity index (χ0n) is 13.8. The number of amides is 1. The zero-order chi connectivity index (χ0) is 17.5. The van der Waals surface area contributed by atoms with Crippen LogP contribution in [0.3, 0.4) is 0 Å². The van der Waals surface area contributed by atoms with Gasteiger partial charge in [-0.2, -0.15) is 0 Å². The van der Waals surface area contributed by atoms with Crippen molar-refractivity contribution in [2.75, 3.05) is 0 Å². The molecule has 25 heavy (non-hydrogen) atoms. The first kappa shape index (κ1) is 15.9. The van der Waals surface area contributed by atoms with E-state index >= 15 is 0 Å². The molecule has 3 aliphatic carbocycles. The number of nitrogens with zero attached hydrogens (tertiary/aromatic N) is 1. The summed E-state index contributed by atoms with van der Waals surface area (Å²) in [7, 11) is 0. The minimum Gasteiger partial charge on any atom is -0.481 e. The van der Waals surface area contributed by atoms with E-state index in [2.05, 4.69) is 10.3 Å². The molecule has 0 radical (unpaired) electrons. The second kappa shape index (κ2) is 5.72. The molecular formula is C19H20N2O4. The summed E-state index contributed by atoms with van der Waals surface area (Å²) < 4.78 is 5.62. The number of aliphatic carboxylic acids is 1. The van der Waals surface area contributed by atoms with E-state index < -0.39 is 11.4 Å². The maximum atomic E-state index is 12.6. The van der Waals surface area contributed by atoms with Gasteiger partial charge in [-0.3, -0.25) is 9.59 Å². The van der Waals surface area contributed by atoms with E-state index in [0.29, 0.717) is 44.4 Å².